The predicted molar refractivity (Wildman–Crippen MR) is 56.6 cm³/mol. The van der Waals surface area contributed by atoms with Crippen LogP contribution in [0.25, 0.3) is 0 Å². The highest BCUT2D eigenvalue weighted by Gasteiger charge is 2.33. The number of hydrogen-bond donors (Lipinski definition) is 1. The molecule has 0 amide bonds. The van der Waals surface area contributed by atoms with Gasteiger partial charge >= 0.3 is 0 Å². The highest BCUT2D eigenvalue weighted by Crippen LogP contribution is 2.43. The van der Waals surface area contributed by atoms with Gasteiger partial charge in [0.1, 0.15) is 5.82 Å². The summed E-state index contributed by atoms with van der Waals surface area (Å²) in [4.78, 5) is 0. The lowest BCUT2D eigenvalue weighted by molar-refractivity contribution is 0.453. The van der Waals surface area contributed by atoms with Crippen LogP contribution in [0.2, 0.25) is 0 Å². The molecule has 2 aliphatic rings. The van der Waals surface area contributed by atoms with E-state index in [1.807, 2.05) is 6.07 Å². The van der Waals surface area contributed by atoms with Crippen molar-refractivity contribution in [2.24, 2.45) is 0 Å². The molecule has 2 bridgehead atoms. The number of halogens is 2. The van der Waals surface area contributed by atoms with Gasteiger partial charge < -0.3 is 5.32 Å². The van der Waals surface area contributed by atoms with Gasteiger partial charge in [0.25, 0.3) is 0 Å². The summed E-state index contributed by atoms with van der Waals surface area (Å²) >= 11 is 0. The topological polar surface area (TPSA) is 12.0 Å². The Balaban J connectivity index is 0.000000750. The van der Waals surface area contributed by atoms with Gasteiger partial charge in [0, 0.05) is 13.1 Å². The minimum Gasteiger partial charge on any atom is -0.316 e. The number of rotatable bonds is 0. The molecule has 1 fully saturated rings. The van der Waals surface area contributed by atoms with Crippen LogP contribution in [-0.4, -0.2) is 13.1 Å². The molecule has 0 radical (unpaired) electrons. The van der Waals surface area contributed by atoms with E-state index >= 15 is 0 Å². The van der Waals surface area contributed by atoms with Gasteiger partial charge in [-0.15, -0.1) is 12.4 Å². The van der Waals surface area contributed by atoms with Crippen LogP contribution < -0.4 is 5.32 Å². The van der Waals surface area contributed by atoms with Crippen molar-refractivity contribution in [1.82, 2.24) is 5.32 Å². The first kappa shape index (κ1) is 9.94. The summed E-state index contributed by atoms with van der Waals surface area (Å²) in [6.45, 7) is 2.09. The minimum absolute atomic E-state index is 0. The van der Waals surface area contributed by atoms with Crippen LogP contribution in [-0.2, 0) is 0 Å². The van der Waals surface area contributed by atoms with Crippen molar-refractivity contribution < 1.29 is 4.39 Å². The van der Waals surface area contributed by atoms with Crippen LogP contribution in [0.4, 0.5) is 4.39 Å². The summed E-state index contributed by atoms with van der Waals surface area (Å²) in [6.07, 6.45) is 1.21. The average molecular weight is 214 g/mol. The molecule has 1 aliphatic heterocycles. The second kappa shape index (κ2) is 3.52. The number of nitrogens with one attached hydrogen (secondary N) is 1. The van der Waals surface area contributed by atoms with Crippen molar-refractivity contribution in [2.45, 2.75) is 18.3 Å². The molecule has 2 unspecified atom stereocenters. The third-order valence-corrected chi connectivity index (χ3v) is 3.28. The van der Waals surface area contributed by atoms with Crippen molar-refractivity contribution in [2.75, 3.05) is 13.1 Å². The minimum atomic E-state index is -0.0914. The molecular weight excluding hydrogens is 201 g/mol. The SMILES string of the molecule is Cl.Fc1ccc2c(c1)C1CNCC2C1. The average Bonchev–Trinajstić information content (AvgIpc) is 2.39. The summed E-state index contributed by atoms with van der Waals surface area (Å²) < 4.78 is 13.0. The van der Waals surface area contributed by atoms with Gasteiger partial charge in [-0.2, -0.15) is 0 Å². The summed E-state index contributed by atoms with van der Waals surface area (Å²) in [5.74, 6) is 1.10. The fourth-order valence-corrected chi connectivity index (χ4v) is 2.69. The number of benzene rings is 1. The molecule has 1 nitrogen and oxygen atoms in total. The Labute approximate surface area is 89.1 Å². The zero-order chi connectivity index (χ0) is 8.84. The lowest BCUT2D eigenvalue weighted by atomic mass is 9.98. The Morgan fingerprint density at radius 3 is 2.64 bits per heavy atom. The number of hydrogen-bond acceptors (Lipinski definition) is 1. The highest BCUT2D eigenvalue weighted by atomic mass is 35.5. The normalized spacial score (nSPS) is 28.1. The van der Waals surface area contributed by atoms with Crippen molar-refractivity contribution >= 4 is 12.4 Å². The third-order valence-electron chi connectivity index (χ3n) is 3.28. The number of fused-ring (bicyclic) bond motifs is 5. The summed E-state index contributed by atoms with van der Waals surface area (Å²) in [5, 5.41) is 3.39. The van der Waals surface area contributed by atoms with Gasteiger partial charge in [-0.25, -0.2) is 4.39 Å². The Morgan fingerprint density at radius 1 is 1.14 bits per heavy atom. The Morgan fingerprint density at radius 2 is 1.86 bits per heavy atom. The molecule has 0 aromatic heterocycles. The van der Waals surface area contributed by atoms with Crippen molar-refractivity contribution in [3.05, 3.63) is 35.1 Å². The van der Waals surface area contributed by atoms with E-state index in [1.165, 1.54) is 17.5 Å². The van der Waals surface area contributed by atoms with Gasteiger partial charge in [0.05, 0.1) is 0 Å². The van der Waals surface area contributed by atoms with Crippen LogP contribution in [0, 0.1) is 5.82 Å². The molecule has 1 aliphatic carbocycles. The maximum Gasteiger partial charge on any atom is 0.123 e. The molecule has 1 aromatic carbocycles. The molecular formula is C11H13ClFN. The molecule has 14 heavy (non-hydrogen) atoms. The number of piperidine rings is 1. The fourth-order valence-electron chi connectivity index (χ4n) is 2.69. The van der Waals surface area contributed by atoms with E-state index in [0.717, 1.165) is 13.1 Å². The predicted octanol–water partition coefficient (Wildman–Crippen LogP) is 2.42. The van der Waals surface area contributed by atoms with Crippen molar-refractivity contribution in [3.8, 4) is 0 Å². The van der Waals surface area contributed by atoms with E-state index in [-0.39, 0.29) is 18.2 Å². The molecule has 0 saturated carbocycles. The highest BCUT2D eigenvalue weighted by molar-refractivity contribution is 5.85. The van der Waals surface area contributed by atoms with E-state index < -0.39 is 0 Å². The molecule has 1 saturated heterocycles. The first-order valence-corrected chi connectivity index (χ1v) is 4.84. The maximum absolute atomic E-state index is 13.0. The Bertz CT molecular complexity index is 353. The first-order valence-electron chi connectivity index (χ1n) is 4.84. The summed E-state index contributed by atoms with van der Waals surface area (Å²) in [6, 6.07) is 5.26. The first-order chi connectivity index (χ1) is 6.34. The van der Waals surface area contributed by atoms with E-state index in [0.29, 0.717) is 11.8 Å². The summed E-state index contributed by atoms with van der Waals surface area (Å²) in [7, 11) is 0. The monoisotopic (exact) mass is 213 g/mol. The van der Waals surface area contributed by atoms with Gasteiger partial charge in [0.15, 0.2) is 0 Å². The van der Waals surface area contributed by atoms with Crippen LogP contribution in [0.3, 0.4) is 0 Å². The largest absolute Gasteiger partial charge is 0.316 e. The van der Waals surface area contributed by atoms with Gasteiger partial charge in [-0.1, -0.05) is 6.07 Å². The van der Waals surface area contributed by atoms with E-state index in [2.05, 4.69) is 5.32 Å². The molecule has 1 aromatic rings. The van der Waals surface area contributed by atoms with Crippen molar-refractivity contribution in [1.29, 1.82) is 0 Å². The van der Waals surface area contributed by atoms with Crippen LogP contribution >= 0.6 is 12.4 Å². The smallest absolute Gasteiger partial charge is 0.123 e. The lowest BCUT2D eigenvalue weighted by Gasteiger charge is -2.19. The zero-order valence-corrected chi connectivity index (χ0v) is 8.61. The van der Waals surface area contributed by atoms with Crippen LogP contribution in [0.1, 0.15) is 29.4 Å². The second-order valence-corrected chi connectivity index (χ2v) is 4.06. The molecule has 1 N–H and O–H groups in total. The summed E-state index contributed by atoms with van der Waals surface area (Å²) in [5.41, 5.74) is 2.62. The van der Waals surface area contributed by atoms with E-state index in [4.69, 9.17) is 0 Å². The fraction of sp³-hybridized carbons (Fsp3) is 0.455. The van der Waals surface area contributed by atoms with Gasteiger partial charge in [0.2, 0.25) is 0 Å². The molecule has 3 heteroatoms. The van der Waals surface area contributed by atoms with Crippen molar-refractivity contribution in [3.63, 3.8) is 0 Å². The zero-order valence-electron chi connectivity index (χ0n) is 7.79. The lowest BCUT2D eigenvalue weighted by Crippen LogP contribution is -2.28. The quantitative estimate of drug-likeness (QED) is 0.698. The Hall–Kier alpha value is -0.600. The van der Waals surface area contributed by atoms with Crippen LogP contribution in [0.5, 0.6) is 0 Å². The third kappa shape index (κ3) is 1.33. The Kier molecular flexibility index (Phi) is 2.50. The second-order valence-electron chi connectivity index (χ2n) is 4.06. The molecule has 2 atom stereocenters. The van der Waals surface area contributed by atoms with E-state index in [1.54, 1.807) is 12.1 Å². The standard InChI is InChI=1S/C11H12FN.ClH/c12-9-1-2-10-7-3-8(6-13-5-7)11(10)4-9;/h1-2,4,7-8,13H,3,5-6H2;1H. The molecule has 1 heterocycles. The molecule has 0 spiro atoms. The van der Waals surface area contributed by atoms with Crippen LogP contribution in [0.15, 0.2) is 18.2 Å². The maximum atomic E-state index is 13.0. The molecule has 3 rings (SSSR count). The van der Waals surface area contributed by atoms with Gasteiger partial charge in [-0.3, -0.25) is 0 Å². The molecule has 76 valence electrons. The van der Waals surface area contributed by atoms with Gasteiger partial charge in [-0.05, 0) is 41.5 Å². The van der Waals surface area contributed by atoms with E-state index in [9.17, 15) is 4.39 Å².